The van der Waals surface area contributed by atoms with Gasteiger partial charge < -0.3 is 10.1 Å². The monoisotopic (exact) mass is 919 g/mol. The molecule has 0 bridgehead atoms. The minimum absolute atomic E-state index is 0. The number of ketones is 1. The van der Waals surface area contributed by atoms with Crippen LogP contribution in [-0.2, 0) is 36.7 Å². The van der Waals surface area contributed by atoms with Gasteiger partial charge in [0, 0.05) is 73.3 Å². The summed E-state index contributed by atoms with van der Waals surface area (Å²) in [5.41, 5.74) is 2.82. The number of nitrogens with zero attached hydrogens (tertiary/aromatic N) is 1. The molecule has 0 saturated heterocycles. The molecule has 5 rings (SSSR count). The summed E-state index contributed by atoms with van der Waals surface area (Å²) in [6.07, 6.45) is 7.85. The smallest absolute Gasteiger partial charge is 0.164 e. The van der Waals surface area contributed by atoms with E-state index < -0.39 is 0 Å². The molecule has 0 amide bonds. The SMILES string of the molecule is C=CSc1c[c-]c(-c2nccc3c2sc2ccc4cc(CC(C)C)sc4c23)cc1C(C)(C)C.CCC(C)(CC)C(=O)/C=C(\O)C(C)(CC)CC.[Ir]. The average Bonchev–Trinajstić information content (AvgIpc) is 3.67. The van der Waals surface area contributed by atoms with Crippen LogP contribution in [0.15, 0.2) is 71.3 Å². The maximum Gasteiger partial charge on any atom is 0.164 e. The molecule has 0 fully saturated rings. The maximum atomic E-state index is 12.2. The number of fused-ring (bicyclic) bond motifs is 5. The minimum Gasteiger partial charge on any atom is -0.512 e. The zero-order valence-electron chi connectivity index (χ0n) is 32.4. The van der Waals surface area contributed by atoms with E-state index in [0.29, 0.717) is 5.92 Å². The molecule has 3 heterocycles. The normalized spacial score (nSPS) is 12.7. The van der Waals surface area contributed by atoms with Gasteiger partial charge >= 0.3 is 0 Å². The van der Waals surface area contributed by atoms with Crippen LogP contribution in [0, 0.1) is 22.8 Å². The molecule has 0 saturated carbocycles. The fraction of sp³-hybridized carbons (Fsp3) is 0.455. The van der Waals surface area contributed by atoms with Crippen molar-refractivity contribution in [1.29, 1.82) is 0 Å². The van der Waals surface area contributed by atoms with Gasteiger partial charge in [-0.15, -0.1) is 52.0 Å². The molecular weight excluding hydrogens is 863 g/mol. The predicted molar refractivity (Wildman–Crippen MR) is 223 cm³/mol. The third-order valence-corrected chi connectivity index (χ3v) is 13.6. The van der Waals surface area contributed by atoms with Crippen LogP contribution in [0.1, 0.15) is 112 Å². The van der Waals surface area contributed by atoms with Crippen LogP contribution >= 0.6 is 34.4 Å². The number of aliphatic hydroxyl groups excluding tert-OH is 1. The first-order chi connectivity index (χ1) is 23.5. The molecule has 0 atom stereocenters. The molecule has 1 radical (unpaired) electrons. The van der Waals surface area contributed by atoms with Crippen molar-refractivity contribution in [1.82, 2.24) is 4.98 Å². The summed E-state index contributed by atoms with van der Waals surface area (Å²) >= 11 is 5.47. The molecule has 7 heteroatoms. The third kappa shape index (κ3) is 9.45. The van der Waals surface area contributed by atoms with Gasteiger partial charge in [-0.25, -0.2) is 0 Å². The molecule has 0 unspecified atom stereocenters. The number of allylic oxidation sites excluding steroid dienone is 2. The second-order valence-corrected chi connectivity index (χ2v) is 18.6. The summed E-state index contributed by atoms with van der Waals surface area (Å²) in [5, 5.41) is 16.1. The summed E-state index contributed by atoms with van der Waals surface area (Å²) in [7, 11) is 0. The van der Waals surface area contributed by atoms with Crippen molar-refractivity contribution in [2.75, 3.05) is 0 Å². The van der Waals surface area contributed by atoms with Gasteiger partial charge in [0.2, 0.25) is 0 Å². The molecule has 51 heavy (non-hydrogen) atoms. The second-order valence-electron chi connectivity index (χ2n) is 15.4. The van der Waals surface area contributed by atoms with E-state index >= 15 is 0 Å². The fourth-order valence-electron chi connectivity index (χ4n) is 6.10. The van der Waals surface area contributed by atoms with E-state index in [0.717, 1.165) is 43.4 Å². The van der Waals surface area contributed by atoms with Gasteiger partial charge in [-0.1, -0.05) is 93.7 Å². The largest absolute Gasteiger partial charge is 0.512 e. The molecule has 3 nitrogen and oxygen atoms in total. The number of carbonyl (C=O) groups excluding carboxylic acids is 1. The molecule has 277 valence electrons. The number of carbonyl (C=O) groups is 1. The molecule has 0 aliphatic heterocycles. The first-order valence-corrected chi connectivity index (χ1v) is 20.6. The Morgan fingerprint density at radius 2 is 1.61 bits per heavy atom. The summed E-state index contributed by atoms with van der Waals surface area (Å²) in [6.45, 7) is 27.3. The number of aliphatic hydroxyl groups is 1. The van der Waals surface area contributed by atoms with E-state index in [1.54, 1.807) is 11.8 Å². The predicted octanol–water partition coefficient (Wildman–Crippen LogP) is 14.5. The zero-order chi connectivity index (χ0) is 37.0. The van der Waals surface area contributed by atoms with Crippen molar-refractivity contribution in [2.45, 2.75) is 119 Å². The van der Waals surface area contributed by atoms with Crippen molar-refractivity contribution in [3.8, 4) is 11.3 Å². The van der Waals surface area contributed by atoms with E-state index in [9.17, 15) is 9.90 Å². The van der Waals surface area contributed by atoms with E-state index in [-0.39, 0.29) is 47.9 Å². The molecule has 3 aromatic heterocycles. The molecule has 2 aromatic carbocycles. The van der Waals surface area contributed by atoms with Crippen LogP contribution in [0.25, 0.3) is 41.5 Å². The van der Waals surface area contributed by atoms with Gasteiger partial charge in [0.1, 0.15) is 5.76 Å². The number of hydrogen-bond donors (Lipinski definition) is 1. The van der Waals surface area contributed by atoms with E-state index in [1.807, 2.05) is 75.8 Å². The van der Waals surface area contributed by atoms with Gasteiger partial charge in [0.25, 0.3) is 0 Å². The molecule has 0 aliphatic rings. The number of thiophene rings is 2. The van der Waals surface area contributed by atoms with E-state index in [1.165, 1.54) is 51.7 Å². The number of rotatable bonds is 12. The summed E-state index contributed by atoms with van der Waals surface area (Å²) in [6, 6.07) is 17.0. The average molecular weight is 919 g/mol. The molecule has 1 N–H and O–H groups in total. The van der Waals surface area contributed by atoms with Crippen LogP contribution in [0.3, 0.4) is 0 Å². The Morgan fingerprint density at radius 3 is 2.18 bits per heavy atom. The van der Waals surface area contributed by atoms with Crippen LogP contribution in [0.2, 0.25) is 0 Å². The Balaban J connectivity index is 0.000000335. The van der Waals surface area contributed by atoms with Crippen molar-refractivity contribution in [3.63, 3.8) is 0 Å². The van der Waals surface area contributed by atoms with E-state index in [2.05, 4.69) is 83.7 Å². The fourth-order valence-corrected chi connectivity index (χ4v) is 9.61. The quantitative estimate of drug-likeness (QED) is 0.0586. The Morgan fingerprint density at radius 1 is 0.961 bits per heavy atom. The van der Waals surface area contributed by atoms with Gasteiger partial charge in [-0.3, -0.25) is 4.79 Å². The van der Waals surface area contributed by atoms with Crippen molar-refractivity contribution in [3.05, 3.63) is 82.9 Å². The minimum atomic E-state index is -0.337. The summed E-state index contributed by atoms with van der Waals surface area (Å²) in [4.78, 5) is 19.7. The number of hydrogen-bond acceptors (Lipinski definition) is 6. The Bertz CT molecular complexity index is 2000. The van der Waals surface area contributed by atoms with E-state index in [4.69, 9.17) is 4.98 Å². The first-order valence-electron chi connectivity index (χ1n) is 18.1. The Kier molecular flexibility index (Phi) is 15.0. The third-order valence-electron chi connectivity index (χ3n) is 10.5. The summed E-state index contributed by atoms with van der Waals surface area (Å²) in [5.74, 6) is 0.951. The van der Waals surface area contributed by atoms with Gasteiger partial charge in [0.05, 0.1) is 0 Å². The van der Waals surface area contributed by atoms with Crippen LogP contribution in [-0.4, -0.2) is 15.9 Å². The number of pyridine rings is 1. The zero-order valence-corrected chi connectivity index (χ0v) is 37.2. The Hall–Kier alpha value is -2.28. The van der Waals surface area contributed by atoms with Crippen molar-refractivity contribution in [2.24, 2.45) is 16.7 Å². The number of thioether (sulfide) groups is 1. The van der Waals surface area contributed by atoms with Gasteiger partial charge in [-0.2, -0.15) is 11.8 Å². The molecule has 0 aliphatic carbocycles. The van der Waals surface area contributed by atoms with Gasteiger partial charge in [-0.05, 0) is 77.8 Å². The molecule has 5 aromatic rings. The Labute approximate surface area is 332 Å². The van der Waals surface area contributed by atoms with Crippen molar-refractivity contribution >= 4 is 70.5 Å². The standard InChI is InChI=1S/C29H28NS3.C15H28O2.Ir/c1-7-31-23-10-8-18(16-22(23)29(4,5)6)26-28-21(12-13-30-26)25-24(33-28)11-9-19-15-20(14-17(2)3)32-27(19)25;1-7-14(5,8-2)12(16)11-13(17)15(6,9-3)10-4;/h7,9-13,15-17H,1,14H2,2-6H3;11,16H,7-10H2,1-6H3;/q-1;;/b;12-11-;. The van der Waals surface area contributed by atoms with Gasteiger partial charge in [0.15, 0.2) is 5.78 Å². The maximum absolute atomic E-state index is 12.2. The van der Waals surface area contributed by atoms with Crippen LogP contribution in [0.4, 0.5) is 0 Å². The summed E-state index contributed by atoms with van der Waals surface area (Å²) < 4.78 is 3.99. The molecule has 0 spiro atoms. The number of benzene rings is 2. The van der Waals surface area contributed by atoms with Crippen LogP contribution < -0.4 is 0 Å². The topological polar surface area (TPSA) is 50.2 Å². The van der Waals surface area contributed by atoms with Crippen molar-refractivity contribution < 1.29 is 30.0 Å². The number of aromatic nitrogens is 1. The molecular formula is C44H56IrNO2S3-. The second kappa shape index (κ2) is 17.7. The van der Waals surface area contributed by atoms with Crippen LogP contribution in [0.5, 0.6) is 0 Å². The first kappa shape index (κ1) is 43.1.